The molecule has 1 atom stereocenters. The lowest BCUT2D eigenvalue weighted by Crippen LogP contribution is -2.09. The van der Waals surface area contributed by atoms with Gasteiger partial charge in [0.05, 0.1) is 0 Å². The van der Waals surface area contributed by atoms with Crippen molar-refractivity contribution in [3.63, 3.8) is 0 Å². The van der Waals surface area contributed by atoms with Crippen molar-refractivity contribution in [2.24, 2.45) is 11.3 Å². The molecule has 0 saturated heterocycles. The average Bonchev–Trinajstić information content (AvgIpc) is 2.79. The molecule has 80 valence electrons. The fourth-order valence-corrected chi connectivity index (χ4v) is 2.17. The maximum Gasteiger partial charge on any atom is 0.140 e. The van der Waals surface area contributed by atoms with Crippen LogP contribution >= 0.6 is 11.6 Å². The van der Waals surface area contributed by atoms with E-state index in [9.17, 15) is 4.79 Å². The summed E-state index contributed by atoms with van der Waals surface area (Å²) in [5.74, 6) is 0.571. The first kappa shape index (κ1) is 10.7. The summed E-state index contributed by atoms with van der Waals surface area (Å²) in [5.41, 5.74) is 1.17. The Kier molecular flexibility index (Phi) is 2.59. The van der Waals surface area contributed by atoms with Gasteiger partial charge in [0.15, 0.2) is 0 Å². The van der Waals surface area contributed by atoms with Crippen LogP contribution in [0.2, 0.25) is 5.02 Å². The molecule has 0 N–H and O–H groups in total. The normalized spacial score (nSPS) is 22.5. The van der Waals surface area contributed by atoms with Gasteiger partial charge in [-0.1, -0.05) is 43.6 Å². The van der Waals surface area contributed by atoms with Crippen LogP contribution in [0.5, 0.6) is 0 Å². The van der Waals surface area contributed by atoms with Crippen LogP contribution < -0.4 is 0 Å². The Balaban J connectivity index is 2.05. The predicted octanol–water partition coefficient (Wildman–Crippen LogP) is 3.50. The summed E-state index contributed by atoms with van der Waals surface area (Å²) < 4.78 is 0. The highest BCUT2D eigenvalue weighted by molar-refractivity contribution is 6.31. The van der Waals surface area contributed by atoms with Crippen LogP contribution in [0.1, 0.15) is 25.8 Å². The molecular weight excluding hydrogens is 208 g/mol. The maximum absolute atomic E-state index is 11.9. The fourth-order valence-electron chi connectivity index (χ4n) is 1.97. The summed E-state index contributed by atoms with van der Waals surface area (Å²) in [6.07, 6.45) is 1.50. The SMILES string of the molecule is CC1(C)CC1C(=O)Cc1ccccc1Cl. The third kappa shape index (κ3) is 2.23. The Bertz CT molecular complexity index is 395. The summed E-state index contributed by atoms with van der Waals surface area (Å²) in [7, 11) is 0. The van der Waals surface area contributed by atoms with Gasteiger partial charge >= 0.3 is 0 Å². The molecule has 2 heteroatoms. The number of Topliss-reactive ketones (excluding diaryl/α,β-unsaturated/α-hetero) is 1. The zero-order valence-electron chi connectivity index (χ0n) is 9.09. The number of hydrogen-bond acceptors (Lipinski definition) is 1. The zero-order valence-corrected chi connectivity index (χ0v) is 9.84. The van der Waals surface area contributed by atoms with E-state index in [2.05, 4.69) is 13.8 Å². The number of halogens is 1. The third-order valence-electron chi connectivity index (χ3n) is 3.22. The van der Waals surface area contributed by atoms with Gasteiger partial charge in [0.2, 0.25) is 0 Å². The Labute approximate surface area is 95.4 Å². The topological polar surface area (TPSA) is 17.1 Å². The lowest BCUT2D eigenvalue weighted by atomic mass is 10.0. The van der Waals surface area contributed by atoms with Crippen molar-refractivity contribution in [1.82, 2.24) is 0 Å². The van der Waals surface area contributed by atoms with Gasteiger partial charge in [-0.3, -0.25) is 4.79 Å². The number of carbonyl (C=O) groups excluding carboxylic acids is 1. The van der Waals surface area contributed by atoms with E-state index in [1.807, 2.05) is 24.3 Å². The second-order valence-electron chi connectivity index (χ2n) is 4.98. The Morgan fingerprint density at radius 3 is 2.60 bits per heavy atom. The highest BCUT2D eigenvalue weighted by atomic mass is 35.5. The van der Waals surface area contributed by atoms with E-state index in [1.54, 1.807) is 0 Å². The van der Waals surface area contributed by atoms with E-state index in [0.29, 0.717) is 17.2 Å². The van der Waals surface area contributed by atoms with Crippen molar-refractivity contribution < 1.29 is 4.79 Å². The molecule has 15 heavy (non-hydrogen) atoms. The van der Waals surface area contributed by atoms with E-state index in [1.165, 1.54) is 0 Å². The lowest BCUT2D eigenvalue weighted by molar-refractivity contribution is -0.120. The number of hydrogen-bond donors (Lipinski definition) is 0. The molecule has 1 aromatic carbocycles. The van der Waals surface area contributed by atoms with Crippen LogP contribution in [0, 0.1) is 11.3 Å². The third-order valence-corrected chi connectivity index (χ3v) is 3.59. The Morgan fingerprint density at radius 1 is 1.47 bits per heavy atom. The van der Waals surface area contributed by atoms with Gasteiger partial charge in [0, 0.05) is 17.4 Å². The van der Waals surface area contributed by atoms with Gasteiger partial charge in [-0.05, 0) is 23.5 Å². The molecule has 0 aromatic heterocycles. The largest absolute Gasteiger partial charge is 0.299 e. The molecule has 0 spiro atoms. The van der Waals surface area contributed by atoms with E-state index >= 15 is 0 Å². The summed E-state index contributed by atoms with van der Waals surface area (Å²) in [4.78, 5) is 11.9. The van der Waals surface area contributed by atoms with Gasteiger partial charge in [0.25, 0.3) is 0 Å². The van der Waals surface area contributed by atoms with Crippen LogP contribution in [-0.2, 0) is 11.2 Å². The van der Waals surface area contributed by atoms with Gasteiger partial charge < -0.3 is 0 Å². The molecule has 0 bridgehead atoms. The fraction of sp³-hybridized carbons (Fsp3) is 0.462. The Hall–Kier alpha value is -0.820. The molecule has 0 aliphatic heterocycles. The molecule has 1 saturated carbocycles. The van der Waals surface area contributed by atoms with Crippen molar-refractivity contribution in [3.05, 3.63) is 34.9 Å². The van der Waals surface area contributed by atoms with Gasteiger partial charge in [-0.2, -0.15) is 0 Å². The molecule has 1 unspecified atom stereocenters. The minimum absolute atomic E-state index is 0.221. The summed E-state index contributed by atoms with van der Waals surface area (Å²) in [6.45, 7) is 4.28. The highest BCUT2D eigenvalue weighted by Gasteiger charge is 2.49. The highest BCUT2D eigenvalue weighted by Crippen LogP contribution is 2.52. The minimum atomic E-state index is 0.221. The van der Waals surface area contributed by atoms with Crippen LogP contribution in [0.25, 0.3) is 0 Å². The average molecular weight is 223 g/mol. The molecule has 2 rings (SSSR count). The van der Waals surface area contributed by atoms with Gasteiger partial charge in [0.1, 0.15) is 5.78 Å². The molecular formula is C13H15ClO. The quantitative estimate of drug-likeness (QED) is 0.765. The van der Waals surface area contributed by atoms with Crippen LogP contribution in [0.4, 0.5) is 0 Å². The molecule has 0 radical (unpaired) electrons. The monoisotopic (exact) mass is 222 g/mol. The van der Waals surface area contributed by atoms with Crippen molar-refractivity contribution in [1.29, 1.82) is 0 Å². The standard InChI is InChI=1S/C13H15ClO/c1-13(2)8-10(13)12(15)7-9-5-3-4-6-11(9)14/h3-6,10H,7-8H2,1-2H3. The Morgan fingerprint density at radius 2 is 2.07 bits per heavy atom. The number of benzene rings is 1. The van der Waals surface area contributed by atoms with Crippen LogP contribution in [0.3, 0.4) is 0 Å². The van der Waals surface area contributed by atoms with Crippen molar-refractivity contribution in [3.8, 4) is 0 Å². The van der Waals surface area contributed by atoms with Crippen molar-refractivity contribution in [2.45, 2.75) is 26.7 Å². The van der Waals surface area contributed by atoms with Gasteiger partial charge in [-0.15, -0.1) is 0 Å². The molecule has 1 fully saturated rings. The molecule has 1 aliphatic carbocycles. The van der Waals surface area contributed by atoms with Crippen molar-refractivity contribution in [2.75, 3.05) is 0 Å². The lowest BCUT2D eigenvalue weighted by Gasteiger charge is -2.04. The summed E-state index contributed by atoms with van der Waals surface area (Å²) in [6, 6.07) is 7.57. The zero-order chi connectivity index (χ0) is 11.1. The molecule has 1 aromatic rings. The van der Waals surface area contributed by atoms with Crippen LogP contribution in [0.15, 0.2) is 24.3 Å². The maximum atomic E-state index is 11.9. The first-order valence-corrected chi connectivity index (χ1v) is 5.64. The molecule has 0 amide bonds. The number of rotatable bonds is 3. The number of ketones is 1. The summed E-state index contributed by atoms with van der Waals surface area (Å²) in [5, 5.41) is 0.698. The molecule has 1 nitrogen and oxygen atoms in total. The second-order valence-corrected chi connectivity index (χ2v) is 5.39. The predicted molar refractivity (Wildman–Crippen MR) is 62.1 cm³/mol. The minimum Gasteiger partial charge on any atom is -0.299 e. The first-order chi connectivity index (χ1) is 7.00. The molecule has 1 aliphatic rings. The number of carbonyl (C=O) groups is 1. The summed E-state index contributed by atoms with van der Waals surface area (Å²) >= 11 is 6.01. The van der Waals surface area contributed by atoms with Crippen molar-refractivity contribution >= 4 is 17.4 Å². The van der Waals surface area contributed by atoms with E-state index < -0.39 is 0 Å². The molecule has 0 heterocycles. The van der Waals surface area contributed by atoms with Crippen LogP contribution in [-0.4, -0.2) is 5.78 Å². The van der Waals surface area contributed by atoms with E-state index in [4.69, 9.17) is 11.6 Å². The second kappa shape index (κ2) is 3.64. The van der Waals surface area contributed by atoms with Gasteiger partial charge in [-0.25, -0.2) is 0 Å². The smallest absolute Gasteiger partial charge is 0.140 e. The first-order valence-electron chi connectivity index (χ1n) is 5.27. The van der Waals surface area contributed by atoms with E-state index in [0.717, 1.165) is 12.0 Å². The van der Waals surface area contributed by atoms with E-state index in [-0.39, 0.29) is 11.3 Å².